The molecule has 9 nitrogen and oxygen atoms in total. The second-order valence-corrected chi connectivity index (χ2v) is 9.07. The van der Waals surface area contributed by atoms with Crippen molar-refractivity contribution in [2.45, 2.75) is 11.6 Å². The number of amides is 2. The third kappa shape index (κ3) is 4.51. The average Bonchev–Trinajstić information content (AvgIpc) is 3.43. The first-order valence-corrected chi connectivity index (χ1v) is 11.4. The summed E-state index contributed by atoms with van der Waals surface area (Å²) in [6.07, 6.45) is -1.38. The molecule has 4 rings (SSSR count). The Morgan fingerprint density at radius 3 is 2.71 bits per heavy atom. The Labute approximate surface area is 189 Å². The fraction of sp³-hybridized carbons (Fsp3) is 0.526. The molecule has 0 aromatic heterocycles. The number of carbonyl (C=O) groups excluding carboxylic acids is 2. The minimum atomic E-state index is -0.745. The molecule has 168 valence electrons. The van der Waals surface area contributed by atoms with Crippen molar-refractivity contribution in [3.63, 3.8) is 0 Å². The van der Waals surface area contributed by atoms with Crippen molar-refractivity contribution in [1.29, 1.82) is 0 Å². The van der Waals surface area contributed by atoms with Crippen LogP contribution in [0.3, 0.4) is 0 Å². The number of anilines is 2. The zero-order chi connectivity index (χ0) is 22.1. The molecule has 2 atom stereocenters. The van der Waals surface area contributed by atoms with Crippen LogP contribution in [-0.2, 0) is 9.53 Å². The summed E-state index contributed by atoms with van der Waals surface area (Å²) < 4.78 is 20.1. The highest BCUT2D eigenvalue weighted by Crippen LogP contribution is 2.29. The first-order chi connectivity index (χ1) is 14.8. The summed E-state index contributed by atoms with van der Waals surface area (Å²) in [6.45, 7) is 3.09. The number of hydrogen-bond donors (Lipinski definition) is 2. The average molecular weight is 470 g/mol. The van der Waals surface area contributed by atoms with Crippen LogP contribution in [0.1, 0.15) is 0 Å². The molecule has 3 fully saturated rings. The van der Waals surface area contributed by atoms with Crippen LogP contribution in [0.4, 0.5) is 20.6 Å². The Kier molecular flexibility index (Phi) is 6.39. The number of thiocarbonyl (C=S) groups is 1. The molecule has 0 aliphatic carbocycles. The predicted molar refractivity (Wildman–Crippen MR) is 120 cm³/mol. The molecule has 0 saturated carbocycles. The van der Waals surface area contributed by atoms with Crippen molar-refractivity contribution in [2.75, 3.05) is 61.9 Å². The van der Waals surface area contributed by atoms with Crippen LogP contribution in [0.15, 0.2) is 18.2 Å². The SMILES string of the molecule is CN(C(O)=S)C1CN(c2ccc(N3CCN(C(=O)C4NCCS4)CC3)c(F)c2)C(=O)O1. The van der Waals surface area contributed by atoms with Gasteiger partial charge < -0.3 is 19.6 Å². The van der Waals surface area contributed by atoms with Crippen LogP contribution in [-0.4, -0.2) is 95.8 Å². The highest BCUT2D eigenvalue weighted by atomic mass is 32.2. The summed E-state index contributed by atoms with van der Waals surface area (Å²) >= 11 is 6.31. The molecular weight excluding hydrogens is 445 g/mol. The number of ether oxygens (including phenoxy) is 1. The molecule has 2 unspecified atom stereocenters. The zero-order valence-electron chi connectivity index (χ0n) is 17.0. The van der Waals surface area contributed by atoms with Crippen LogP contribution in [0, 0.1) is 5.82 Å². The maximum atomic E-state index is 14.9. The Morgan fingerprint density at radius 1 is 1.35 bits per heavy atom. The minimum Gasteiger partial charge on any atom is -0.486 e. The number of benzene rings is 1. The van der Waals surface area contributed by atoms with Crippen LogP contribution < -0.4 is 15.1 Å². The molecular formula is C19H24FN5O4S2. The highest BCUT2D eigenvalue weighted by molar-refractivity contribution is 8.00. The molecule has 3 aliphatic rings. The molecule has 2 N–H and O–H groups in total. The van der Waals surface area contributed by atoms with E-state index in [9.17, 15) is 19.1 Å². The van der Waals surface area contributed by atoms with Gasteiger partial charge in [0.15, 0.2) is 6.23 Å². The standard InChI is InChI=1S/C19H24FN5O4S2/c1-22(19(28)30)15-11-25(18(27)29-15)12-2-3-14(13(20)10-12)23-5-7-24(8-6-23)17(26)16-21-4-9-31-16/h2-3,10,15-16,21H,4-9,11H2,1H3,(H,28,30). The molecule has 3 aliphatic heterocycles. The normalized spacial score (nSPS) is 23.8. The number of hydrogen-bond acceptors (Lipinski definition) is 7. The lowest BCUT2D eigenvalue weighted by atomic mass is 10.2. The fourth-order valence-corrected chi connectivity index (χ4v) is 4.94. The van der Waals surface area contributed by atoms with Crippen LogP contribution in [0.2, 0.25) is 0 Å². The van der Waals surface area contributed by atoms with E-state index in [1.807, 2.05) is 9.80 Å². The van der Waals surface area contributed by atoms with Gasteiger partial charge in [0.25, 0.3) is 5.17 Å². The van der Waals surface area contributed by atoms with E-state index in [1.165, 1.54) is 22.9 Å². The third-order valence-corrected chi connectivity index (χ3v) is 7.07. The Balaban J connectivity index is 1.39. The van der Waals surface area contributed by atoms with E-state index in [0.717, 1.165) is 12.3 Å². The number of carbonyl (C=O) groups is 2. The highest BCUT2D eigenvalue weighted by Gasteiger charge is 2.36. The minimum absolute atomic E-state index is 0.0902. The van der Waals surface area contributed by atoms with E-state index in [-0.39, 0.29) is 23.0 Å². The van der Waals surface area contributed by atoms with Crippen molar-refractivity contribution >= 4 is 52.5 Å². The number of likely N-dealkylation sites (N-methyl/N-ethyl adjacent to an activating group) is 1. The molecule has 12 heteroatoms. The Morgan fingerprint density at radius 2 is 2.10 bits per heavy atom. The number of aliphatic hydroxyl groups excluding tert-OH is 1. The molecule has 0 spiro atoms. The molecule has 3 heterocycles. The van der Waals surface area contributed by atoms with E-state index in [1.54, 1.807) is 23.9 Å². The number of halogens is 1. The Hall–Kier alpha value is -2.31. The summed E-state index contributed by atoms with van der Waals surface area (Å²) in [5.74, 6) is 0.572. The molecule has 3 saturated heterocycles. The van der Waals surface area contributed by atoms with Gasteiger partial charge in [-0.25, -0.2) is 9.18 Å². The van der Waals surface area contributed by atoms with Gasteiger partial charge in [0.1, 0.15) is 11.2 Å². The summed E-state index contributed by atoms with van der Waals surface area (Å²) in [6, 6.07) is 4.60. The van der Waals surface area contributed by atoms with Crippen LogP contribution in [0.5, 0.6) is 0 Å². The molecule has 1 aromatic rings. The fourth-order valence-electron chi connectivity index (χ4n) is 3.82. The summed E-state index contributed by atoms with van der Waals surface area (Å²) in [7, 11) is 1.51. The van der Waals surface area contributed by atoms with Crippen LogP contribution >= 0.6 is 24.0 Å². The number of thioether (sulfide) groups is 1. The largest absolute Gasteiger partial charge is 0.486 e. The van der Waals surface area contributed by atoms with Crippen molar-refractivity contribution in [3.05, 3.63) is 24.0 Å². The molecule has 0 radical (unpaired) electrons. The quantitative estimate of drug-likeness (QED) is 0.632. The summed E-state index contributed by atoms with van der Waals surface area (Å²) in [5, 5.41) is 12.0. The van der Waals surface area contributed by atoms with Crippen molar-refractivity contribution in [3.8, 4) is 0 Å². The van der Waals surface area contributed by atoms with Gasteiger partial charge in [0.05, 0.1) is 17.9 Å². The molecule has 1 aromatic carbocycles. The van der Waals surface area contributed by atoms with E-state index in [4.69, 9.17) is 17.0 Å². The van der Waals surface area contributed by atoms with Crippen molar-refractivity contribution < 1.29 is 23.8 Å². The third-order valence-electron chi connectivity index (χ3n) is 5.65. The monoisotopic (exact) mass is 469 g/mol. The van der Waals surface area contributed by atoms with Gasteiger partial charge in [-0.05, 0) is 30.4 Å². The van der Waals surface area contributed by atoms with Crippen molar-refractivity contribution in [2.24, 2.45) is 0 Å². The summed E-state index contributed by atoms with van der Waals surface area (Å²) in [4.78, 5) is 31.0. The first-order valence-electron chi connectivity index (χ1n) is 9.97. The predicted octanol–water partition coefficient (Wildman–Crippen LogP) is 1.19. The zero-order valence-corrected chi connectivity index (χ0v) is 18.6. The van der Waals surface area contributed by atoms with Gasteiger partial charge in [0.2, 0.25) is 5.91 Å². The first kappa shape index (κ1) is 21.9. The van der Waals surface area contributed by atoms with Crippen molar-refractivity contribution in [1.82, 2.24) is 15.1 Å². The number of cyclic esters (lactones) is 1. The number of aliphatic hydroxyl groups is 1. The number of rotatable bonds is 4. The number of piperazine rings is 1. The smallest absolute Gasteiger partial charge is 0.416 e. The van der Waals surface area contributed by atoms with Gasteiger partial charge in [-0.3, -0.25) is 19.9 Å². The second kappa shape index (κ2) is 9.05. The lowest BCUT2D eigenvalue weighted by molar-refractivity contribution is -0.131. The topological polar surface area (TPSA) is 88.6 Å². The van der Waals surface area contributed by atoms with Gasteiger partial charge in [0, 0.05) is 45.5 Å². The van der Waals surface area contributed by atoms with E-state index < -0.39 is 18.1 Å². The van der Waals surface area contributed by atoms with Crippen LogP contribution in [0.25, 0.3) is 0 Å². The van der Waals surface area contributed by atoms with E-state index in [0.29, 0.717) is 37.6 Å². The van der Waals surface area contributed by atoms with Gasteiger partial charge >= 0.3 is 6.09 Å². The Bertz CT molecular complexity index is 877. The number of nitrogens with one attached hydrogen (secondary N) is 1. The van der Waals surface area contributed by atoms with E-state index >= 15 is 0 Å². The molecule has 0 bridgehead atoms. The maximum absolute atomic E-state index is 14.9. The lowest BCUT2D eigenvalue weighted by Gasteiger charge is -2.37. The maximum Gasteiger partial charge on any atom is 0.416 e. The molecule has 2 amide bonds. The molecule has 31 heavy (non-hydrogen) atoms. The van der Waals surface area contributed by atoms with Gasteiger partial charge in [-0.2, -0.15) is 0 Å². The summed E-state index contributed by atoms with van der Waals surface area (Å²) in [5.41, 5.74) is 0.797. The number of nitrogens with zero attached hydrogens (tertiary/aromatic N) is 4. The second-order valence-electron chi connectivity index (χ2n) is 7.50. The lowest BCUT2D eigenvalue weighted by Crippen LogP contribution is -2.52. The van der Waals surface area contributed by atoms with E-state index in [2.05, 4.69) is 5.32 Å². The van der Waals surface area contributed by atoms with Gasteiger partial charge in [-0.1, -0.05) is 0 Å². The van der Waals surface area contributed by atoms with Gasteiger partial charge in [-0.15, -0.1) is 11.8 Å².